The second-order valence-electron chi connectivity index (χ2n) is 3.88. The first-order chi connectivity index (χ1) is 6.79. The number of benzene rings is 1. The summed E-state index contributed by atoms with van der Waals surface area (Å²) in [5.74, 6) is 2.05. The van der Waals surface area contributed by atoms with Gasteiger partial charge in [0.15, 0.2) is 0 Å². The Morgan fingerprint density at radius 1 is 1.43 bits per heavy atom. The minimum atomic E-state index is 0.788. The van der Waals surface area contributed by atoms with Crippen LogP contribution in [0.2, 0.25) is 0 Å². The minimum Gasteiger partial charge on any atom is -0.125 e. The molecule has 0 N–H and O–H groups in total. The van der Waals surface area contributed by atoms with Gasteiger partial charge in [0.05, 0.1) is 0 Å². The monoisotopic (exact) mass is 204 g/mol. The Morgan fingerprint density at radius 3 is 2.93 bits per heavy atom. The van der Waals surface area contributed by atoms with Crippen molar-refractivity contribution in [2.24, 2.45) is 5.92 Å². The van der Waals surface area contributed by atoms with Crippen LogP contribution in [0.3, 0.4) is 0 Å². The molecule has 1 aliphatic rings. The summed E-state index contributed by atoms with van der Waals surface area (Å²) in [6.45, 7) is 4.42. The van der Waals surface area contributed by atoms with Crippen LogP contribution in [0, 0.1) is 12.8 Å². The fourth-order valence-corrected chi connectivity index (χ4v) is 3.03. The third-order valence-electron chi connectivity index (χ3n) is 2.67. The molecule has 1 heterocycles. The lowest BCUT2D eigenvalue weighted by Gasteiger charge is -2.01. The number of hydrogen-bond acceptors (Lipinski definition) is 1. The van der Waals surface area contributed by atoms with Gasteiger partial charge >= 0.3 is 0 Å². The van der Waals surface area contributed by atoms with Gasteiger partial charge in [-0.3, -0.25) is 0 Å². The molecule has 0 fully saturated rings. The highest BCUT2D eigenvalue weighted by Crippen LogP contribution is 2.37. The maximum atomic E-state index is 2.43. The molecule has 0 saturated heterocycles. The Kier molecular flexibility index (Phi) is 2.97. The molecule has 1 unspecified atom stereocenters. The van der Waals surface area contributed by atoms with Crippen molar-refractivity contribution >= 4 is 16.7 Å². The largest absolute Gasteiger partial charge is 0.125 e. The summed E-state index contributed by atoms with van der Waals surface area (Å²) < 4.78 is 0. The number of aryl methyl sites for hydroxylation is 1. The summed E-state index contributed by atoms with van der Waals surface area (Å²) in [7, 11) is 0. The highest BCUT2D eigenvalue weighted by molar-refractivity contribution is 8.08. The van der Waals surface area contributed by atoms with Crippen LogP contribution < -0.4 is 0 Å². The predicted octanol–water partition coefficient (Wildman–Crippen LogP) is 4.11. The van der Waals surface area contributed by atoms with Gasteiger partial charge in [0.1, 0.15) is 0 Å². The zero-order valence-electron chi connectivity index (χ0n) is 8.79. The van der Waals surface area contributed by atoms with Crippen molar-refractivity contribution in [1.82, 2.24) is 0 Å². The number of allylic oxidation sites excluding steroid dienone is 1. The first-order valence-electron chi connectivity index (χ1n) is 5.21. The average molecular weight is 204 g/mol. The highest BCUT2D eigenvalue weighted by atomic mass is 32.2. The van der Waals surface area contributed by atoms with Crippen molar-refractivity contribution in [2.45, 2.75) is 20.3 Å². The molecule has 1 aliphatic heterocycles. The molecule has 74 valence electrons. The summed E-state index contributed by atoms with van der Waals surface area (Å²) in [5, 5.41) is 0. The van der Waals surface area contributed by atoms with Gasteiger partial charge in [-0.25, -0.2) is 0 Å². The first kappa shape index (κ1) is 9.85. The lowest BCUT2D eigenvalue weighted by atomic mass is 10.1. The number of thioether (sulfide) groups is 1. The third-order valence-corrected chi connectivity index (χ3v) is 3.94. The third kappa shape index (κ3) is 2.03. The van der Waals surface area contributed by atoms with Gasteiger partial charge in [0.2, 0.25) is 0 Å². The Labute approximate surface area is 90.4 Å². The lowest BCUT2D eigenvalue weighted by Crippen LogP contribution is -1.90. The zero-order valence-corrected chi connectivity index (χ0v) is 9.60. The van der Waals surface area contributed by atoms with Crippen molar-refractivity contribution in [1.29, 1.82) is 0 Å². The summed E-state index contributed by atoms with van der Waals surface area (Å²) >= 11 is 2.00. The van der Waals surface area contributed by atoms with Crippen LogP contribution in [0.4, 0.5) is 0 Å². The quantitative estimate of drug-likeness (QED) is 0.698. The van der Waals surface area contributed by atoms with Gasteiger partial charge in [-0.2, -0.15) is 0 Å². The highest BCUT2D eigenvalue weighted by Gasteiger charge is 2.15. The van der Waals surface area contributed by atoms with Crippen molar-refractivity contribution < 1.29 is 0 Å². The second kappa shape index (κ2) is 4.22. The van der Waals surface area contributed by atoms with Crippen LogP contribution in [-0.2, 0) is 0 Å². The van der Waals surface area contributed by atoms with E-state index in [0.717, 1.165) is 5.92 Å². The van der Waals surface area contributed by atoms with Crippen LogP contribution in [-0.4, -0.2) is 5.75 Å². The van der Waals surface area contributed by atoms with E-state index in [4.69, 9.17) is 0 Å². The van der Waals surface area contributed by atoms with E-state index < -0.39 is 0 Å². The molecule has 0 aromatic heterocycles. The van der Waals surface area contributed by atoms with E-state index in [9.17, 15) is 0 Å². The fraction of sp³-hybridized carbons (Fsp3) is 0.385. The summed E-state index contributed by atoms with van der Waals surface area (Å²) in [6, 6.07) is 8.78. The second-order valence-corrected chi connectivity index (χ2v) is 4.94. The van der Waals surface area contributed by atoms with Gasteiger partial charge in [0, 0.05) is 10.7 Å². The van der Waals surface area contributed by atoms with Crippen molar-refractivity contribution in [3.8, 4) is 0 Å². The van der Waals surface area contributed by atoms with Crippen LogP contribution >= 0.6 is 11.8 Å². The molecule has 0 nitrogen and oxygen atoms in total. The minimum absolute atomic E-state index is 0.788. The zero-order chi connectivity index (χ0) is 9.97. The predicted molar refractivity (Wildman–Crippen MR) is 65.4 cm³/mol. The van der Waals surface area contributed by atoms with Crippen LogP contribution in [0.25, 0.3) is 4.91 Å². The Balaban J connectivity index is 2.24. The molecule has 0 spiro atoms. The fourth-order valence-electron chi connectivity index (χ4n) is 1.72. The maximum absolute atomic E-state index is 2.43. The van der Waals surface area contributed by atoms with Crippen molar-refractivity contribution in [2.75, 3.05) is 5.75 Å². The van der Waals surface area contributed by atoms with E-state index in [1.54, 1.807) is 0 Å². The van der Waals surface area contributed by atoms with Crippen molar-refractivity contribution in [3.63, 3.8) is 0 Å². The molecule has 1 heteroatoms. The topological polar surface area (TPSA) is 0 Å². The molecule has 0 amide bonds. The van der Waals surface area contributed by atoms with E-state index >= 15 is 0 Å². The Hall–Kier alpha value is -0.690. The SMILES string of the molecule is CCC1C=C(c2cccc(C)c2)SC1. The molecular weight excluding hydrogens is 188 g/mol. The molecule has 0 bridgehead atoms. The molecule has 0 radical (unpaired) electrons. The molecule has 0 saturated carbocycles. The summed E-state index contributed by atoms with van der Waals surface area (Å²) in [6.07, 6.45) is 3.70. The van der Waals surface area contributed by atoms with Crippen molar-refractivity contribution in [3.05, 3.63) is 41.5 Å². The van der Waals surface area contributed by atoms with Gasteiger partial charge < -0.3 is 0 Å². The first-order valence-corrected chi connectivity index (χ1v) is 6.20. The number of rotatable bonds is 2. The van der Waals surface area contributed by atoms with Crippen LogP contribution in [0.5, 0.6) is 0 Å². The Bertz CT molecular complexity index is 352. The maximum Gasteiger partial charge on any atom is 0.0108 e. The Morgan fingerprint density at radius 2 is 2.29 bits per heavy atom. The van der Waals surface area contributed by atoms with Gasteiger partial charge in [-0.15, -0.1) is 11.8 Å². The molecule has 0 aliphatic carbocycles. The van der Waals surface area contributed by atoms with E-state index in [1.807, 2.05) is 11.8 Å². The summed E-state index contributed by atoms with van der Waals surface area (Å²) in [4.78, 5) is 1.47. The van der Waals surface area contributed by atoms with E-state index in [0.29, 0.717) is 0 Å². The number of hydrogen-bond donors (Lipinski definition) is 0. The van der Waals surface area contributed by atoms with E-state index in [1.165, 1.54) is 28.2 Å². The molecule has 2 rings (SSSR count). The normalized spacial score (nSPS) is 21.0. The van der Waals surface area contributed by atoms with Crippen LogP contribution in [0.15, 0.2) is 30.3 Å². The summed E-state index contributed by atoms with van der Waals surface area (Å²) in [5.41, 5.74) is 2.75. The molecular formula is C13H16S. The molecule has 1 aromatic rings. The molecule has 14 heavy (non-hydrogen) atoms. The molecule has 1 aromatic carbocycles. The van der Waals surface area contributed by atoms with Crippen LogP contribution in [0.1, 0.15) is 24.5 Å². The lowest BCUT2D eigenvalue weighted by molar-refractivity contribution is 0.719. The molecule has 1 atom stereocenters. The van der Waals surface area contributed by atoms with Gasteiger partial charge in [-0.05, 0) is 24.8 Å². The van der Waals surface area contributed by atoms with Gasteiger partial charge in [-0.1, -0.05) is 42.8 Å². The van der Waals surface area contributed by atoms with E-state index in [-0.39, 0.29) is 0 Å². The smallest absolute Gasteiger partial charge is 0.0108 e. The average Bonchev–Trinajstić information content (AvgIpc) is 2.66. The van der Waals surface area contributed by atoms with E-state index in [2.05, 4.69) is 44.2 Å². The standard InChI is InChI=1S/C13H16S/c1-3-11-8-13(14-9-11)12-6-4-5-10(2)7-12/h4-8,11H,3,9H2,1-2H3. The van der Waals surface area contributed by atoms with Gasteiger partial charge in [0.25, 0.3) is 0 Å².